The Balaban J connectivity index is 1.42. The van der Waals surface area contributed by atoms with Crippen molar-refractivity contribution in [1.82, 2.24) is 15.6 Å². The van der Waals surface area contributed by atoms with Crippen molar-refractivity contribution in [3.05, 3.63) is 95.4 Å². The molecule has 5 nitrogen and oxygen atoms in total. The van der Waals surface area contributed by atoms with E-state index in [1.807, 2.05) is 24.3 Å². The van der Waals surface area contributed by atoms with Crippen LogP contribution < -0.4 is 15.5 Å². The minimum absolute atomic E-state index is 0.173. The van der Waals surface area contributed by atoms with E-state index in [0.29, 0.717) is 12.1 Å². The Morgan fingerprint density at radius 2 is 1.93 bits per heavy atom. The van der Waals surface area contributed by atoms with Crippen molar-refractivity contribution in [1.29, 1.82) is 0 Å². The number of hydrogen-bond acceptors (Lipinski definition) is 4. The number of carbonyl (C=O) groups is 1. The Hall–Kier alpha value is -3.25. The van der Waals surface area contributed by atoms with E-state index >= 15 is 0 Å². The Kier molecular flexibility index (Phi) is 5.81. The molecule has 1 aromatic heterocycles. The van der Waals surface area contributed by atoms with Crippen LogP contribution in [0.1, 0.15) is 27.5 Å². The molecule has 0 aliphatic carbocycles. The molecule has 1 aliphatic heterocycles. The highest BCUT2D eigenvalue weighted by molar-refractivity contribution is 5.94. The fourth-order valence-corrected chi connectivity index (χ4v) is 3.49. The van der Waals surface area contributed by atoms with Gasteiger partial charge in [0.1, 0.15) is 11.6 Å². The number of aromatic nitrogens is 1. The second-order valence-corrected chi connectivity index (χ2v) is 7.08. The molecule has 4 rings (SSSR count). The van der Waals surface area contributed by atoms with Gasteiger partial charge in [-0.3, -0.25) is 4.79 Å². The van der Waals surface area contributed by atoms with Crippen LogP contribution >= 0.6 is 0 Å². The van der Waals surface area contributed by atoms with Gasteiger partial charge in [-0.2, -0.15) is 0 Å². The zero-order valence-electron chi connectivity index (χ0n) is 16.0. The van der Waals surface area contributed by atoms with E-state index in [1.165, 1.54) is 17.7 Å². The molecular weight excluding hydrogens is 367 g/mol. The summed E-state index contributed by atoms with van der Waals surface area (Å²) in [4.78, 5) is 19.2. The number of anilines is 1. The van der Waals surface area contributed by atoms with Crippen molar-refractivity contribution in [2.75, 3.05) is 24.5 Å². The first-order chi connectivity index (χ1) is 14.2. The average molecular weight is 390 g/mol. The molecule has 2 N–H and O–H groups in total. The maximum atomic E-state index is 13.0. The number of nitrogens with zero attached hydrogens (tertiary/aromatic N) is 2. The first kappa shape index (κ1) is 19.1. The third-order valence-corrected chi connectivity index (χ3v) is 5.08. The number of carbonyl (C=O) groups excluding carboxylic acids is 1. The van der Waals surface area contributed by atoms with Crippen LogP contribution in [-0.4, -0.2) is 30.5 Å². The Bertz CT molecular complexity index is 962. The van der Waals surface area contributed by atoms with Gasteiger partial charge in [-0.1, -0.05) is 42.5 Å². The Morgan fingerprint density at radius 1 is 1.14 bits per heavy atom. The number of piperazine rings is 1. The first-order valence-electron chi connectivity index (χ1n) is 9.71. The molecule has 3 aromatic rings. The molecule has 2 heterocycles. The molecule has 148 valence electrons. The van der Waals surface area contributed by atoms with Gasteiger partial charge in [0.15, 0.2) is 0 Å². The van der Waals surface area contributed by atoms with Gasteiger partial charge < -0.3 is 15.5 Å². The van der Waals surface area contributed by atoms with Crippen molar-refractivity contribution >= 4 is 11.7 Å². The second-order valence-electron chi connectivity index (χ2n) is 7.08. The monoisotopic (exact) mass is 390 g/mol. The van der Waals surface area contributed by atoms with E-state index in [4.69, 9.17) is 0 Å². The molecule has 0 bridgehead atoms. The minimum Gasteiger partial charge on any atom is -0.353 e. The van der Waals surface area contributed by atoms with E-state index in [-0.39, 0.29) is 17.8 Å². The minimum atomic E-state index is -0.288. The predicted octanol–water partition coefficient (Wildman–Crippen LogP) is 3.30. The summed E-state index contributed by atoms with van der Waals surface area (Å²) in [6.07, 6.45) is 1.67. The number of nitrogens with one attached hydrogen (secondary N) is 2. The fraction of sp³-hybridized carbons (Fsp3) is 0.217. The summed E-state index contributed by atoms with van der Waals surface area (Å²) in [7, 11) is 0. The largest absolute Gasteiger partial charge is 0.353 e. The molecule has 2 aromatic carbocycles. The summed E-state index contributed by atoms with van der Waals surface area (Å²) >= 11 is 0. The van der Waals surface area contributed by atoms with Gasteiger partial charge in [0.05, 0.1) is 0 Å². The van der Waals surface area contributed by atoms with Gasteiger partial charge in [0.25, 0.3) is 5.91 Å². The lowest BCUT2D eigenvalue weighted by molar-refractivity contribution is 0.0951. The number of pyridine rings is 1. The quantitative estimate of drug-likeness (QED) is 0.702. The van der Waals surface area contributed by atoms with Gasteiger partial charge >= 0.3 is 0 Å². The summed E-state index contributed by atoms with van der Waals surface area (Å²) in [5, 5.41) is 6.42. The van der Waals surface area contributed by atoms with Crippen LogP contribution in [0.2, 0.25) is 0 Å². The smallest absolute Gasteiger partial charge is 0.251 e. The van der Waals surface area contributed by atoms with Gasteiger partial charge in [0.2, 0.25) is 0 Å². The predicted molar refractivity (Wildman–Crippen MR) is 111 cm³/mol. The molecule has 1 unspecified atom stereocenters. The zero-order chi connectivity index (χ0) is 20.1. The third kappa shape index (κ3) is 4.78. The fourth-order valence-electron chi connectivity index (χ4n) is 3.49. The molecule has 1 saturated heterocycles. The van der Waals surface area contributed by atoms with Crippen LogP contribution in [0, 0.1) is 5.82 Å². The van der Waals surface area contributed by atoms with E-state index in [9.17, 15) is 9.18 Å². The van der Waals surface area contributed by atoms with E-state index in [1.54, 1.807) is 24.4 Å². The van der Waals surface area contributed by atoms with Gasteiger partial charge in [-0.15, -0.1) is 0 Å². The molecule has 1 fully saturated rings. The molecule has 29 heavy (non-hydrogen) atoms. The van der Waals surface area contributed by atoms with Gasteiger partial charge in [-0.05, 0) is 35.4 Å². The van der Waals surface area contributed by atoms with E-state index in [2.05, 4.69) is 32.7 Å². The van der Waals surface area contributed by atoms with Crippen molar-refractivity contribution in [2.24, 2.45) is 0 Å². The SMILES string of the molecule is O=C(NCc1ccc(F)cc1)c1ccnc(N2CCNC(c3ccccc3)C2)c1. The zero-order valence-corrected chi connectivity index (χ0v) is 16.0. The summed E-state index contributed by atoms with van der Waals surface area (Å²) in [6.45, 7) is 2.82. The van der Waals surface area contributed by atoms with E-state index in [0.717, 1.165) is 31.0 Å². The Labute approximate surface area is 169 Å². The highest BCUT2D eigenvalue weighted by atomic mass is 19.1. The summed E-state index contributed by atoms with van der Waals surface area (Å²) in [5.74, 6) is 0.332. The highest BCUT2D eigenvalue weighted by Gasteiger charge is 2.22. The molecule has 1 aliphatic rings. The first-order valence-corrected chi connectivity index (χ1v) is 9.71. The maximum Gasteiger partial charge on any atom is 0.251 e. The molecule has 1 atom stereocenters. The molecule has 1 amide bonds. The number of hydrogen-bond donors (Lipinski definition) is 2. The topological polar surface area (TPSA) is 57.3 Å². The van der Waals surface area contributed by atoms with Gasteiger partial charge in [0, 0.05) is 44.0 Å². The number of benzene rings is 2. The van der Waals surface area contributed by atoms with Gasteiger partial charge in [-0.25, -0.2) is 9.37 Å². The molecular formula is C23H23FN4O. The van der Waals surface area contributed by atoms with Crippen molar-refractivity contribution in [3.8, 4) is 0 Å². The maximum absolute atomic E-state index is 13.0. The van der Waals surface area contributed by atoms with Crippen LogP contribution in [0.4, 0.5) is 10.2 Å². The van der Waals surface area contributed by atoms with Crippen molar-refractivity contribution < 1.29 is 9.18 Å². The van der Waals surface area contributed by atoms with Crippen LogP contribution in [0.3, 0.4) is 0 Å². The number of amides is 1. The van der Waals surface area contributed by atoms with Crippen molar-refractivity contribution in [3.63, 3.8) is 0 Å². The van der Waals surface area contributed by atoms with E-state index < -0.39 is 0 Å². The average Bonchev–Trinajstić information content (AvgIpc) is 2.79. The summed E-state index contributed by atoms with van der Waals surface area (Å²) in [6, 6.07) is 20.2. The number of rotatable bonds is 5. The third-order valence-electron chi connectivity index (χ3n) is 5.08. The summed E-state index contributed by atoms with van der Waals surface area (Å²) < 4.78 is 13.0. The normalized spacial score (nSPS) is 16.4. The lowest BCUT2D eigenvalue weighted by Crippen LogP contribution is -2.46. The standard InChI is InChI=1S/C23H23FN4O/c24-20-8-6-17(7-9-20)15-27-23(29)19-10-11-26-22(14-19)28-13-12-25-21(16-28)18-4-2-1-3-5-18/h1-11,14,21,25H,12-13,15-16H2,(H,27,29). The van der Waals surface area contributed by atoms with Crippen molar-refractivity contribution in [2.45, 2.75) is 12.6 Å². The van der Waals surface area contributed by atoms with Crippen LogP contribution in [-0.2, 0) is 6.54 Å². The molecule has 0 radical (unpaired) electrons. The number of halogens is 1. The van der Waals surface area contributed by atoms with Crippen LogP contribution in [0.25, 0.3) is 0 Å². The molecule has 0 spiro atoms. The van der Waals surface area contributed by atoms with Crippen LogP contribution in [0.15, 0.2) is 72.9 Å². The highest BCUT2D eigenvalue weighted by Crippen LogP contribution is 2.21. The lowest BCUT2D eigenvalue weighted by atomic mass is 10.0. The lowest BCUT2D eigenvalue weighted by Gasteiger charge is -2.34. The van der Waals surface area contributed by atoms with Crippen LogP contribution in [0.5, 0.6) is 0 Å². The Morgan fingerprint density at radius 3 is 2.72 bits per heavy atom. The second kappa shape index (κ2) is 8.84. The summed E-state index contributed by atoms with van der Waals surface area (Å²) in [5.41, 5.74) is 2.65. The molecule has 0 saturated carbocycles. The molecule has 6 heteroatoms.